The molecule has 2 aromatic rings. The summed E-state index contributed by atoms with van der Waals surface area (Å²) in [5.41, 5.74) is 6.63. The predicted octanol–water partition coefficient (Wildman–Crippen LogP) is 3.41. The smallest absolute Gasteiger partial charge is 0.254 e. The molecule has 0 aromatic heterocycles. The molecule has 5 nitrogen and oxygen atoms in total. The van der Waals surface area contributed by atoms with E-state index in [1.165, 1.54) is 12.1 Å². The standard InChI is InChI=1S/C22H26F2N2O3/c1-28-20-4-3-17(12-21(20)29-8-2-6-25)22(27)26-7-5-15(14-26)9-16-10-18(23)13-19(24)11-16/h3-4,10-13,15H,2,5-9,14,25H2,1H3. The number of likely N-dealkylation sites (tertiary alicyclic amines) is 1. The summed E-state index contributed by atoms with van der Waals surface area (Å²) < 4.78 is 37.8. The second-order valence-corrected chi connectivity index (χ2v) is 7.24. The van der Waals surface area contributed by atoms with Gasteiger partial charge in [-0.3, -0.25) is 4.79 Å². The first-order chi connectivity index (χ1) is 14.0. The van der Waals surface area contributed by atoms with Crippen molar-refractivity contribution in [2.45, 2.75) is 19.3 Å². The lowest BCUT2D eigenvalue weighted by atomic mass is 9.98. The van der Waals surface area contributed by atoms with E-state index in [9.17, 15) is 13.6 Å². The summed E-state index contributed by atoms with van der Waals surface area (Å²) >= 11 is 0. The van der Waals surface area contributed by atoms with Gasteiger partial charge in [-0.25, -0.2) is 8.78 Å². The largest absolute Gasteiger partial charge is 0.493 e. The SMILES string of the molecule is COc1ccc(C(=O)N2CCC(Cc3cc(F)cc(F)c3)C2)cc1OCCCN. The molecule has 0 spiro atoms. The number of halogens is 2. The average Bonchev–Trinajstić information content (AvgIpc) is 3.15. The van der Waals surface area contributed by atoms with Gasteiger partial charge in [-0.15, -0.1) is 0 Å². The van der Waals surface area contributed by atoms with Gasteiger partial charge in [-0.05, 0) is 67.6 Å². The van der Waals surface area contributed by atoms with Crippen LogP contribution in [0.15, 0.2) is 36.4 Å². The topological polar surface area (TPSA) is 64.8 Å². The van der Waals surface area contributed by atoms with E-state index in [0.717, 1.165) is 12.5 Å². The van der Waals surface area contributed by atoms with Crippen molar-refractivity contribution < 1.29 is 23.0 Å². The summed E-state index contributed by atoms with van der Waals surface area (Å²) in [6.45, 7) is 2.12. The molecule has 0 saturated carbocycles. The first kappa shape index (κ1) is 21.0. The van der Waals surface area contributed by atoms with Crippen molar-refractivity contribution in [3.05, 3.63) is 59.2 Å². The van der Waals surface area contributed by atoms with Crippen LogP contribution in [0.2, 0.25) is 0 Å². The average molecular weight is 404 g/mol. The molecule has 156 valence electrons. The zero-order valence-electron chi connectivity index (χ0n) is 16.5. The number of carbonyl (C=O) groups excluding carboxylic acids is 1. The lowest BCUT2D eigenvalue weighted by Gasteiger charge is -2.18. The molecule has 1 fully saturated rings. The minimum Gasteiger partial charge on any atom is -0.493 e. The fourth-order valence-corrected chi connectivity index (χ4v) is 3.62. The first-order valence-corrected chi connectivity index (χ1v) is 9.75. The zero-order chi connectivity index (χ0) is 20.8. The Morgan fingerprint density at radius 3 is 2.62 bits per heavy atom. The van der Waals surface area contributed by atoms with Crippen molar-refractivity contribution in [2.75, 3.05) is 33.4 Å². The van der Waals surface area contributed by atoms with Crippen LogP contribution in [0.25, 0.3) is 0 Å². The third-order valence-electron chi connectivity index (χ3n) is 5.04. The molecular weight excluding hydrogens is 378 g/mol. The maximum atomic E-state index is 13.4. The number of ether oxygens (including phenoxy) is 2. The van der Waals surface area contributed by atoms with Crippen molar-refractivity contribution in [2.24, 2.45) is 11.7 Å². The Bertz CT molecular complexity index is 840. The molecule has 0 bridgehead atoms. The molecule has 1 unspecified atom stereocenters. The summed E-state index contributed by atoms with van der Waals surface area (Å²) in [6, 6.07) is 8.68. The highest BCUT2D eigenvalue weighted by Gasteiger charge is 2.28. The lowest BCUT2D eigenvalue weighted by molar-refractivity contribution is 0.0786. The van der Waals surface area contributed by atoms with Crippen LogP contribution in [0, 0.1) is 17.6 Å². The molecule has 29 heavy (non-hydrogen) atoms. The second-order valence-electron chi connectivity index (χ2n) is 7.24. The molecule has 3 rings (SSSR count). The van der Waals surface area contributed by atoms with Gasteiger partial charge in [0.25, 0.3) is 5.91 Å². The number of hydrogen-bond donors (Lipinski definition) is 1. The van der Waals surface area contributed by atoms with E-state index in [1.807, 2.05) is 0 Å². The number of benzene rings is 2. The third-order valence-corrected chi connectivity index (χ3v) is 5.04. The molecule has 1 heterocycles. The molecule has 1 amide bonds. The van der Waals surface area contributed by atoms with Crippen LogP contribution in [0.1, 0.15) is 28.8 Å². The third kappa shape index (κ3) is 5.44. The number of methoxy groups -OCH3 is 1. The summed E-state index contributed by atoms with van der Waals surface area (Å²) in [6.07, 6.45) is 2.03. The van der Waals surface area contributed by atoms with Crippen molar-refractivity contribution in [3.63, 3.8) is 0 Å². The van der Waals surface area contributed by atoms with Gasteiger partial charge in [-0.2, -0.15) is 0 Å². The molecule has 0 aliphatic carbocycles. The van der Waals surface area contributed by atoms with Gasteiger partial charge >= 0.3 is 0 Å². The molecule has 7 heteroatoms. The van der Waals surface area contributed by atoms with Crippen molar-refractivity contribution in [3.8, 4) is 11.5 Å². The maximum Gasteiger partial charge on any atom is 0.254 e. The Balaban J connectivity index is 1.65. The quantitative estimate of drug-likeness (QED) is 0.685. The minimum atomic E-state index is -0.577. The van der Waals surface area contributed by atoms with Gasteiger partial charge in [-0.1, -0.05) is 0 Å². The molecule has 2 aromatic carbocycles. The summed E-state index contributed by atoms with van der Waals surface area (Å²) in [4.78, 5) is 14.7. The first-order valence-electron chi connectivity index (χ1n) is 9.75. The minimum absolute atomic E-state index is 0.0933. The van der Waals surface area contributed by atoms with Gasteiger partial charge in [0.2, 0.25) is 0 Å². The van der Waals surface area contributed by atoms with Gasteiger partial charge in [0.1, 0.15) is 11.6 Å². The van der Waals surface area contributed by atoms with Crippen molar-refractivity contribution >= 4 is 5.91 Å². The fraction of sp³-hybridized carbons (Fsp3) is 0.409. The number of hydrogen-bond acceptors (Lipinski definition) is 4. The molecule has 1 aliphatic rings. The number of nitrogens with zero attached hydrogens (tertiary/aromatic N) is 1. The Hall–Kier alpha value is -2.67. The number of rotatable bonds is 8. The van der Waals surface area contributed by atoms with E-state index in [0.29, 0.717) is 61.7 Å². The molecule has 1 saturated heterocycles. The highest BCUT2D eigenvalue weighted by Crippen LogP contribution is 2.30. The van der Waals surface area contributed by atoms with E-state index in [-0.39, 0.29) is 11.8 Å². The van der Waals surface area contributed by atoms with Crippen LogP contribution < -0.4 is 15.2 Å². The molecule has 1 aliphatic heterocycles. The van der Waals surface area contributed by atoms with Gasteiger partial charge in [0.15, 0.2) is 11.5 Å². The summed E-state index contributed by atoms with van der Waals surface area (Å²) in [5.74, 6) is -0.00985. The highest BCUT2D eigenvalue weighted by molar-refractivity contribution is 5.95. The molecule has 2 N–H and O–H groups in total. The Labute approximate surface area is 169 Å². The number of nitrogens with two attached hydrogens (primary N) is 1. The van der Waals surface area contributed by atoms with Crippen LogP contribution in [-0.4, -0.2) is 44.2 Å². The van der Waals surface area contributed by atoms with Crippen molar-refractivity contribution in [1.82, 2.24) is 4.90 Å². The van der Waals surface area contributed by atoms with Gasteiger partial charge in [0, 0.05) is 24.7 Å². The second kappa shape index (κ2) is 9.69. The van der Waals surface area contributed by atoms with Crippen LogP contribution in [0.3, 0.4) is 0 Å². The summed E-state index contributed by atoms with van der Waals surface area (Å²) in [5, 5.41) is 0. The molecule has 0 radical (unpaired) electrons. The van der Waals surface area contributed by atoms with Gasteiger partial charge < -0.3 is 20.1 Å². The normalized spacial score (nSPS) is 16.1. The van der Waals surface area contributed by atoms with Crippen LogP contribution in [0.4, 0.5) is 8.78 Å². The van der Waals surface area contributed by atoms with Gasteiger partial charge in [0.05, 0.1) is 13.7 Å². The van der Waals surface area contributed by atoms with Crippen molar-refractivity contribution in [1.29, 1.82) is 0 Å². The Morgan fingerprint density at radius 2 is 1.93 bits per heavy atom. The lowest BCUT2D eigenvalue weighted by Crippen LogP contribution is -2.29. The maximum absolute atomic E-state index is 13.4. The molecule has 1 atom stereocenters. The van der Waals surface area contributed by atoms with Crippen LogP contribution in [-0.2, 0) is 6.42 Å². The fourth-order valence-electron chi connectivity index (χ4n) is 3.62. The van der Waals surface area contributed by atoms with E-state index in [1.54, 1.807) is 30.2 Å². The number of carbonyl (C=O) groups is 1. The van der Waals surface area contributed by atoms with E-state index < -0.39 is 11.6 Å². The van der Waals surface area contributed by atoms with E-state index >= 15 is 0 Å². The highest BCUT2D eigenvalue weighted by atomic mass is 19.1. The Morgan fingerprint density at radius 1 is 1.17 bits per heavy atom. The monoisotopic (exact) mass is 404 g/mol. The van der Waals surface area contributed by atoms with Crippen LogP contribution in [0.5, 0.6) is 11.5 Å². The zero-order valence-corrected chi connectivity index (χ0v) is 16.5. The Kier molecular flexibility index (Phi) is 7.04. The van der Waals surface area contributed by atoms with E-state index in [2.05, 4.69) is 0 Å². The summed E-state index contributed by atoms with van der Waals surface area (Å²) in [7, 11) is 1.55. The molecular formula is C22H26F2N2O3. The van der Waals surface area contributed by atoms with E-state index in [4.69, 9.17) is 15.2 Å². The van der Waals surface area contributed by atoms with Crippen LogP contribution >= 0.6 is 0 Å². The number of amides is 1. The predicted molar refractivity (Wildman–Crippen MR) is 106 cm³/mol.